The molecule has 0 saturated carbocycles. The van der Waals surface area contributed by atoms with Crippen molar-refractivity contribution in [2.45, 2.75) is 45.6 Å². The van der Waals surface area contributed by atoms with Gasteiger partial charge in [0, 0.05) is 42.6 Å². The summed E-state index contributed by atoms with van der Waals surface area (Å²) >= 11 is 0. The molecule has 5 heteroatoms. The molecular weight excluding hydrogens is 360 g/mol. The van der Waals surface area contributed by atoms with E-state index >= 15 is 0 Å². The molecule has 5 nitrogen and oxygen atoms in total. The van der Waals surface area contributed by atoms with Crippen LogP contribution < -0.4 is 0 Å². The largest absolute Gasteiger partial charge is 0.337 e. The van der Waals surface area contributed by atoms with Crippen molar-refractivity contribution in [1.82, 2.24) is 19.7 Å². The molecular formula is C24H28N4O. The molecule has 29 heavy (non-hydrogen) atoms. The first kappa shape index (κ1) is 19.4. The summed E-state index contributed by atoms with van der Waals surface area (Å²) in [6, 6.07) is 16.8. The van der Waals surface area contributed by atoms with Crippen LogP contribution in [0.2, 0.25) is 0 Å². The fourth-order valence-corrected chi connectivity index (χ4v) is 4.14. The molecule has 1 aromatic carbocycles. The highest BCUT2D eigenvalue weighted by molar-refractivity contribution is 5.92. The lowest BCUT2D eigenvalue weighted by atomic mass is 9.91. The van der Waals surface area contributed by atoms with E-state index in [9.17, 15) is 4.79 Å². The van der Waals surface area contributed by atoms with Gasteiger partial charge in [0.1, 0.15) is 5.69 Å². The van der Waals surface area contributed by atoms with E-state index < -0.39 is 0 Å². The quantitative estimate of drug-likeness (QED) is 0.642. The highest BCUT2D eigenvalue weighted by Crippen LogP contribution is 2.31. The smallest absolute Gasteiger partial charge is 0.272 e. The minimum atomic E-state index is 0.0804. The fraction of sp³-hybridized carbons (Fsp3) is 0.375. The molecule has 0 aliphatic carbocycles. The van der Waals surface area contributed by atoms with Crippen LogP contribution in [0, 0.1) is 6.92 Å². The number of benzene rings is 1. The number of amides is 1. The van der Waals surface area contributed by atoms with Gasteiger partial charge < -0.3 is 4.90 Å². The molecule has 1 saturated heterocycles. The molecule has 0 bridgehead atoms. The van der Waals surface area contributed by atoms with Crippen molar-refractivity contribution in [2.24, 2.45) is 0 Å². The Balaban J connectivity index is 1.48. The highest BCUT2D eigenvalue weighted by atomic mass is 16.2. The molecule has 0 spiro atoms. The van der Waals surface area contributed by atoms with Gasteiger partial charge in [-0.05, 0) is 62.9 Å². The summed E-state index contributed by atoms with van der Waals surface area (Å²) < 4.78 is 1.81. The van der Waals surface area contributed by atoms with E-state index in [1.165, 1.54) is 11.1 Å². The molecule has 1 aliphatic heterocycles. The van der Waals surface area contributed by atoms with Gasteiger partial charge in [0.2, 0.25) is 0 Å². The van der Waals surface area contributed by atoms with Gasteiger partial charge in [-0.25, -0.2) is 0 Å². The molecule has 0 N–H and O–H groups in total. The number of hydrogen-bond donors (Lipinski definition) is 0. The van der Waals surface area contributed by atoms with Crippen LogP contribution in [-0.2, 0) is 0 Å². The first-order valence-electron chi connectivity index (χ1n) is 10.4. The summed E-state index contributed by atoms with van der Waals surface area (Å²) in [4.78, 5) is 19.8. The third-order valence-corrected chi connectivity index (χ3v) is 5.66. The van der Waals surface area contributed by atoms with E-state index in [-0.39, 0.29) is 11.9 Å². The van der Waals surface area contributed by atoms with Crippen molar-refractivity contribution in [3.63, 3.8) is 0 Å². The summed E-state index contributed by atoms with van der Waals surface area (Å²) in [5.41, 5.74) is 5.30. The third kappa shape index (κ3) is 4.09. The van der Waals surface area contributed by atoms with Crippen LogP contribution >= 0.6 is 0 Å². The number of carbonyl (C=O) groups excluding carboxylic acids is 1. The van der Waals surface area contributed by atoms with Crippen molar-refractivity contribution in [3.05, 3.63) is 71.8 Å². The normalized spacial score (nSPS) is 15.1. The minimum absolute atomic E-state index is 0.0804. The van der Waals surface area contributed by atoms with Gasteiger partial charge in [-0.15, -0.1) is 0 Å². The lowest BCUT2D eigenvalue weighted by Gasteiger charge is -2.32. The summed E-state index contributed by atoms with van der Waals surface area (Å²) in [6.45, 7) is 7.65. The topological polar surface area (TPSA) is 51.0 Å². The molecule has 0 unspecified atom stereocenters. The first-order chi connectivity index (χ1) is 14.0. The van der Waals surface area contributed by atoms with Crippen LogP contribution in [0.25, 0.3) is 11.1 Å². The molecule has 3 heterocycles. The van der Waals surface area contributed by atoms with E-state index in [0.717, 1.165) is 37.3 Å². The lowest BCUT2D eigenvalue weighted by molar-refractivity contribution is 0.0697. The van der Waals surface area contributed by atoms with Crippen molar-refractivity contribution in [1.29, 1.82) is 0 Å². The number of aromatic nitrogens is 3. The van der Waals surface area contributed by atoms with Gasteiger partial charge in [0.15, 0.2) is 0 Å². The minimum Gasteiger partial charge on any atom is -0.337 e. The standard InChI is InChI=1S/C24H28N4O/c1-17(2)28-23(9-12-25-28)24(29)27-13-10-20(11-14-27)22-16-21(15-18(3)26-22)19-7-5-4-6-8-19/h4-9,12,15-17,20H,10-11,13-14H2,1-3H3. The number of piperidine rings is 1. The number of pyridine rings is 1. The number of hydrogen-bond acceptors (Lipinski definition) is 3. The van der Waals surface area contributed by atoms with E-state index in [0.29, 0.717) is 11.6 Å². The molecule has 4 rings (SSSR count). The SMILES string of the molecule is Cc1cc(-c2ccccc2)cc(C2CCN(C(=O)c3ccnn3C(C)C)CC2)n1. The molecule has 3 aromatic rings. The highest BCUT2D eigenvalue weighted by Gasteiger charge is 2.27. The zero-order chi connectivity index (χ0) is 20.4. The zero-order valence-electron chi connectivity index (χ0n) is 17.4. The Kier molecular flexibility index (Phi) is 5.47. The molecule has 1 fully saturated rings. The van der Waals surface area contributed by atoms with Crippen molar-refractivity contribution >= 4 is 5.91 Å². The van der Waals surface area contributed by atoms with Crippen molar-refractivity contribution < 1.29 is 4.79 Å². The van der Waals surface area contributed by atoms with Crippen LogP contribution in [0.5, 0.6) is 0 Å². The van der Waals surface area contributed by atoms with Gasteiger partial charge in [0.25, 0.3) is 5.91 Å². The monoisotopic (exact) mass is 388 g/mol. The second-order valence-corrected chi connectivity index (χ2v) is 8.11. The number of carbonyl (C=O) groups is 1. The van der Waals surface area contributed by atoms with E-state index in [1.807, 2.05) is 35.6 Å². The van der Waals surface area contributed by atoms with Crippen LogP contribution in [0.3, 0.4) is 0 Å². The Hall–Kier alpha value is -2.95. The van der Waals surface area contributed by atoms with Crippen molar-refractivity contribution in [3.8, 4) is 11.1 Å². The van der Waals surface area contributed by atoms with Crippen LogP contribution in [0.1, 0.15) is 60.5 Å². The van der Waals surface area contributed by atoms with E-state index in [2.05, 4.69) is 48.4 Å². The average Bonchev–Trinajstić information content (AvgIpc) is 3.24. The number of aryl methyl sites for hydroxylation is 1. The van der Waals surface area contributed by atoms with Gasteiger partial charge in [-0.2, -0.15) is 5.10 Å². The third-order valence-electron chi connectivity index (χ3n) is 5.66. The maximum Gasteiger partial charge on any atom is 0.272 e. The Morgan fingerprint density at radius 3 is 2.45 bits per heavy atom. The average molecular weight is 389 g/mol. The summed E-state index contributed by atoms with van der Waals surface area (Å²) in [5, 5.41) is 4.30. The number of likely N-dealkylation sites (tertiary alicyclic amines) is 1. The van der Waals surface area contributed by atoms with Gasteiger partial charge in [-0.1, -0.05) is 30.3 Å². The molecule has 2 aromatic heterocycles. The van der Waals surface area contributed by atoms with Gasteiger partial charge in [-0.3, -0.25) is 14.5 Å². The second kappa shape index (κ2) is 8.19. The van der Waals surface area contributed by atoms with E-state index in [4.69, 9.17) is 4.98 Å². The molecule has 0 atom stereocenters. The maximum atomic E-state index is 13.0. The Morgan fingerprint density at radius 1 is 1.03 bits per heavy atom. The van der Waals surface area contributed by atoms with Crippen LogP contribution in [0.4, 0.5) is 0 Å². The van der Waals surface area contributed by atoms with Crippen LogP contribution in [-0.4, -0.2) is 38.7 Å². The summed E-state index contributed by atoms with van der Waals surface area (Å²) in [5.74, 6) is 0.466. The lowest BCUT2D eigenvalue weighted by Crippen LogP contribution is -2.39. The predicted octanol–water partition coefficient (Wildman–Crippen LogP) is 4.85. The summed E-state index contributed by atoms with van der Waals surface area (Å²) in [6.07, 6.45) is 3.58. The number of rotatable bonds is 4. The van der Waals surface area contributed by atoms with Crippen LogP contribution in [0.15, 0.2) is 54.7 Å². The van der Waals surface area contributed by atoms with Crippen molar-refractivity contribution in [2.75, 3.05) is 13.1 Å². The Labute approximate surface area is 172 Å². The maximum absolute atomic E-state index is 13.0. The Morgan fingerprint density at radius 2 is 1.76 bits per heavy atom. The number of nitrogens with zero attached hydrogens (tertiary/aromatic N) is 4. The predicted molar refractivity (Wildman–Crippen MR) is 115 cm³/mol. The molecule has 0 radical (unpaired) electrons. The zero-order valence-corrected chi connectivity index (χ0v) is 17.4. The summed E-state index contributed by atoms with van der Waals surface area (Å²) in [7, 11) is 0. The van der Waals surface area contributed by atoms with E-state index in [1.54, 1.807) is 6.20 Å². The van der Waals surface area contributed by atoms with Gasteiger partial charge in [0.05, 0.1) is 0 Å². The first-order valence-corrected chi connectivity index (χ1v) is 10.4. The molecule has 150 valence electrons. The fourth-order valence-electron chi connectivity index (χ4n) is 4.14. The molecule has 1 amide bonds. The second-order valence-electron chi connectivity index (χ2n) is 8.11. The molecule has 1 aliphatic rings. The Bertz CT molecular complexity index is 985. The van der Waals surface area contributed by atoms with Gasteiger partial charge >= 0.3 is 0 Å².